The molecule has 0 aromatic heterocycles. The quantitative estimate of drug-likeness (QED) is 0.901. The highest BCUT2D eigenvalue weighted by atomic mass is 35.5. The maximum atomic E-state index is 12.8. The van der Waals surface area contributed by atoms with Crippen LogP contribution in [0.2, 0.25) is 10.0 Å². The average Bonchev–Trinajstić information content (AvgIpc) is 2.50. The smallest absolute Gasteiger partial charge is 0.245 e. The first-order valence-electron chi connectivity index (χ1n) is 6.70. The molecule has 23 heavy (non-hydrogen) atoms. The molecule has 3 rings (SSSR count). The molecule has 8 heteroatoms. The number of fused-ring (bicyclic) bond motifs is 1. The summed E-state index contributed by atoms with van der Waals surface area (Å²) in [7, 11) is -3.82. The maximum Gasteiger partial charge on any atom is 0.245 e. The highest BCUT2D eigenvalue weighted by molar-refractivity contribution is 7.92. The van der Waals surface area contributed by atoms with Gasteiger partial charge in [0.15, 0.2) is 0 Å². The summed E-state index contributed by atoms with van der Waals surface area (Å²) in [5.74, 6) is -0.773. The minimum atomic E-state index is -3.82. The van der Waals surface area contributed by atoms with E-state index < -0.39 is 15.9 Å². The number of nitrogens with zero attached hydrogens (tertiary/aromatic N) is 1. The molecule has 0 saturated carbocycles. The number of hydrogen-bond donors (Lipinski definition) is 1. The summed E-state index contributed by atoms with van der Waals surface area (Å²) in [6.07, 6.45) is 0. The van der Waals surface area contributed by atoms with E-state index in [9.17, 15) is 13.2 Å². The molecule has 1 aliphatic rings. The lowest BCUT2D eigenvalue weighted by molar-refractivity contribution is -0.115. The van der Waals surface area contributed by atoms with Gasteiger partial charge in [-0.3, -0.25) is 9.10 Å². The molecule has 0 radical (unpaired) electrons. The summed E-state index contributed by atoms with van der Waals surface area (Å²) < 4.78 is 26.7. The van der Waals surface area contributed by atoms with Crippen molar-refractivity contribution >= 4 is 50.5 Å². The number of para-hydroxylation sites is 2. The number of halogens is 2. The van der Waals surface area contributed by atoms with E-state index in [2.05, 4.69) is 5.32 Å². The Labute approximate surface area is 143 Å². The molecule has 0 unspecified atom stereocenters. The fourth-order valence-corrected chi connectivity index (χ4v) is 4.67. The molecule has 5 nitrogen and oxygen atoms in total. The third kappa shape index (κ3) is 3.15. The molecule has 1 aliphatic heterocycles. The number of sulfonamides is 1. The van der Waals surface area contributed by atoms with E-state index in [4.69, 9.17) is 23.2 Å². The van der Waals surface area contributed by atoms with Gasteiger partial charge >= 0.3 is 0 Å². The molecule has 0 fully saturated rings. The van der Waals surface area contributed by atoms with Gasteiger partial charge in [-0.15, -0.1) is 0 Å². The van der Waals surface area contributed by atoms with Gasteiger partial charge in [0.25, 0.3) is 0 Å². The van der Waals surface area contributed by atoms with Crippen LogP contribution in [0.3, 0.4) is 0 Å². The van der Waals surface area contributed by atoms with Crippen molar-refractivity contribution in [3.63, 3.8) is 0 Å². The number of amides is 1. The van der Waals surface area contributed by atoms with Crippen molar-refractivity contribution in [2.75, 3.05) is 16.2 Å². The van der Waals surface area contributed by atoms with Gasteiger partial charge < -0.3 is 5.32 Å². The van der Waals surface area contributed by atoms with Gasteiger partial charge in [0.2, 0.25) is 15.9 Å². The Morgan fingerprint density at radius 2 is 1.70 bits per heavy atom. The fraction of sp³-hybridized carbons (Fsp3) is 0.133. The van der Waals surface area contributed by atoms with Crippen molar-refractivity contribution in [2.45, 2.75) is 5.75 Å². The molecule has 0 atom stereocenters. The maximum absolute atomic E-state index is 12.8. The van der Waals surface area contributed by atoms with Crippen LogP contribution in [0.5, 0.6) is 0 Å². The molecule has 1 amide bonds. The van der Waals surface area contributed by atoms with Crippen LogP contribution in [-0.4, -0.2) is 20.9 Å². The number of carbonyl (C=O) groups is 1. The molecule has 120 valence electrons. The predicted octanol–water partition coefficient (Wildman–Crippen LogP) is 3.28. The van der Waals surface area contributed by atoms with E-state index in [0.717, 1.165) is 4.31 Å². The minimum absolute atomic E-state index is 0.274. The molecule has 1 N–H and O–H groups in total. The number of hydrogen-bond acceptors (Lipinski definition) is 3. The first-order valence-corrected chi connectivity index (χ1v) is 9.07. The first kappa shape index (κ1) is 16.1. The summed E-state index contributed by atoms with van der Waals surface area (Å²) in [4.78, 5) is 11.8. The molecule has 1 heterocycles. The zero-order valence-electron chi connectivity index (χ0n) is 11.8. The second kappa shape index (κ2) is 6.03. The minimum Gasteiger partial charge on any atom is -0.323 e. The SMILES string of the molecule is O=C1CN(S(=O)(=O)Cc2c(Cl)cccc2Cl)c2ccccc2N1. The van der Waals surface area contributed by atoms with Crippen LogP contribution < -0.4 is 9.62 Å². The normalized spacial score (nSPS) is 14.3. The number of nitrogens with one attached hydrogen (secondary N) is 1. The molecule has 2 aromatic carbocycles. The van der Waals surface area contributed by atoms with E-state index in [1.54, 1.807) is 42.5 Å². The molecule has 2 aromatic rings. The highest BCUT2D eigenvalue weighted by Crippen LogP contribution is 2.34. The van der Waals surface area contributed by atoms with Gasteiger partial charge in [-0.25, -0.2) is 8.42 Å². The average molecular weight is 371 g/mol. The fourth-order valence-electron chi connectivity index (χ4n) is 2.38. The van der Waals surface area contributed by atoms with Crippen LogP contribution in [-0.2, 0) is 20.6 Å². The standard InChI is InChI=1S/C15H12Cl2N2O3S/c16-11-4-3-5-12(17)10(11)9-23(21,22)19-8-15(20)18-13-6-1-2-7-14(13)19/h1-7H,8-9H2,(H,18,20). The van der Waals surface area contributed by atoms with Crippen molar-refractivity contribution < 1.29 is 13.2 Å². The Balaban J connectivity index is 2.02. The first-order chi connectivity index (χ1) is 10.9. The van der Waals surface area contributed by atoms with E-state index in [-0.39, 0.29) is 22.3 Å². The third-order valence-electron chi connectivity index (χ3n) is 3.46. The van der Waals surface area contributed by atoms with Gasteiger partial charge in [0, 0.05) is 15.6 Å². The zero-order chi connectivity index (χ0) is 16.6. The Bertz CT molecular complexity index is 864. The lowest BCUT2D eigenvalue weighted by Gasteiger charge is -2.30. The van der Waals surface area contributed by atoms with Crippen LogP contribution in [0.15, 0.2) is 42.5 Å². The summed E-state index contributed by atoms with van der Waals surface area (Å²) in [6, 6.07) is 11.5. The number of benzene rings is 2. The predicted molar refractivity (Wildman–Crippen MR) is 91.5 cm³/mol. The van der Waals surface area contributed by atoms with Gasteiger partial charge in [-0.2, -0.15) is 0 Å². The van der Waals surface area contributed by atoms with Crippen molar-refractivity contribution in [1.82, 2.24) is 0 Å². The Kier molecular flexibility index (Phi) is 4.23. The summed E-state index contributed by atoms with van der Waals surface area (Å²) >= 11 is 12.1. The van der Waals surface area contributed by atoms with Crippen LogP contribution in [0.1, 0.15) is 5.56 Å². The summed E-state index contributed by atoms with van der Waals surface area (Å²) in [5.41, 5.74) is 1.20. The topological polar surface area (TPSA) is 66.5 Å². The molecule has 0 saturated heterocycles. The van der Waals surface area contributed by atoms with Crippen LogP contribution >= 0.6 is 23.2 Å². The molecule has 0 spiro atoms. The molecule has 0 aliphatic carbocycles. The van der Waals surface area contributed by atoms with E-state index in [1.807, 2.05) is 0 Å². The molecular formula is C15H12Cl2N2O3S. The van der Waals surface area contributed by atoms with Gasteiger partial charge in [0.1, 0.15) is 6.54 Å². The summed E-state index contributed by atoms with van der Waals surface area (Å²) in [5, 5.41) is 3.20. The largest absolute Gasteiger partial charge is 0.323 e. The highest BCUT2D eigenvalue weighted by Gasteiger charge is 2.32. The number of anilines is 2. The van der Waals surface area contributed by atoms with Crippen LogP contribution in [0.4, 0.5) is 11.4 Å². The monoisotopic (exact) mass is 370 g/mol. The van der Waals surface area contributed by atoms with Gasteiger partial charge in [0.05, 0.1) is 17.1 Å². The van der Waals surface area contributed by atoms with Crippen LogP contribution in [0, 0.1) is 0 Å². The van der Waals surface area contributed by atoms with Gasteiger partial charge in [-0.05, 0) is 24.3 Å². The number of carbonyl (C=O) groups excluding carboxylic acids is 1. The van der Waals surface area contributed by atoms with E-state index >= 15 is 0 Å². The molecule has 0 bridgehead atoms. The van der Waals surface area contributed by atoms with Crippen molar-refractivity contribution in [2.24, 2.45) is 0 Å². The van der Waals surface area contributed by atoms with E-state index in [1.165, 1.54) is 0 Å². The van der Waals surface area contributed by atoms with E-state index in [0.29, 0.717) is 16.9 Å². The second-order valence-corrected chi connectivity index (χ2v) is 7.74. The Morgan fingerprint density at radius 1 is 1.04 bits per heavy atom. The van der Waals surface area contributed by atoms with Crippen molar-refractivity contribution in [3.8, 4) is 0 Å². The summed E-state index contributed by atoms with van der Waals surface area (Å²) in [6.45, 7) is -0.276. The van der Waals surface area contributed by atoms with Crippen LogP contribution in [0.25, 0.3) is 0 Å². The Morgan fingerprint density at radius 3 is 2.39 bits per heavy atom. The van der Waals surface area contributed by atoms with Gasteiger partial charge in [-0.1, -0.05) is 41.4 Å². The molecular weight excluding hydrogens is 359 g/mol. The second-order valence-electron chi connectivity index (χ2n) is 5.03. The third-order valence-corrected chi connectivity index (χ3v) is 5.82. The zero-order valence-corrected chi connectivity index (χ0v) is 14.1. The Hall–Kier alpha value is -1.76. The van der Waals surface area contributed by atoms with Crippen molar-refractivity contribution in [3.05, 3.63) is 58.1 Å². The van der Waals surface area contributed by atoms with Crippen molar-refractivity contribution in [1.29, 1.82) is 0 Å². The lowest BCUT2D eigenvalue weighted by atomic mass is 10.2. The number of rotatable bonds is 3. The lowest BCUT2D eigenvalue weighted by Crippen LogP contribution is -2.42.